The number of rotatable bonds is 4. The zero-order chi connectivity index (χ0) is 20.7. The maximum atomic E-state index is 14.0. The molecule has 0 unspecified atom stereocenters. The van der Waals surface area contributed by atoms with E-state index in [1.807, 2.05) is 46.9 Å². The van der Waals surface area contributed by atoms with Crippen molar-refractivity contribution in [1.29, 1.82) is 0 Å². The normalized spacial score (nSPS) is 11.3. The molecule has 1 aromatic heterocycles. The maximum Gasteiger partial charge on any atom is 0.187 e. The summed E-state index contributed by atoms with van der Waals surface area (Å²) in [5.41, 5.74) is -0.0555. The molecule has 5 rings (SSSR count). The smallest absolute Gasteiger partial charge is 0.187 e. The van der Waals surface area contributed by atoms with E-state index in [0.717, 1.165) is 0 Å². The summed E-state index contributed by atoms with van der Waals surface area (Å²) in [6.45, 7) is -0.148. The van der Waals surface area contributed by atoms with Gasteiger partial charge in [-0.2, -0.15) is 0 Å². The zero-order valence-electron chi connectivity index (χ0n) is 15.7. The Balaban J connectivity index is 1.47. The molecule has 0 N–H and O–H groups in total. The summed E-state index contributed by atoms with van der Waals surface area (Å²) >= 11 is 1.89. The second kappa shape index (κ2) is 7.96. The van der Waals surface area contributed by atoms with Crippen molar-refractivity contribution in [3.63, 3.8) is 0 Å². The molecule has 148 valence electrons. The van der Waals surface area contributed by atoms with E-state index in [9.17, 15) is 8.78 Å². The zero-order valence-corrected chi connectivity index (χ0v) is 18.7. The van der Waals surface area contributed by atoms with Crippen molar-refractivity contribution < 1.29 is 13.5 Å². The van der Waals surface area contributed by atoms with Crippen LogP contribution in [0.15, 0.2) is 84.9 Å². The van der Waals surface area contributed by atoms with Gasteiger partial charge >= 0.3 is 0 Å². The van der Waals surface area contributed by atoms with Gasteiger partial charge in [-0.25, -0.2) is 8.78 Å². The Morgan fingerprint density at radius 3 is 1.83 bits per heavy atom. The van der Waals surface area contributed by atoms with Crippen LogP contribution in [0.2, 0.25) is 0 Å². The molecular formula is C25H16F2IOS+. The monoisotopic (exact) mass is 529 g/mol. The molecule has 0 aliphatic carbocycles. The molecule has 4 aromatic carbocycles. The Bertz CT molecular complexity index is 1300. The third kappa shape index (κ3) is 3.46. The van der Waals surface area contributed by atoms with E-state index >= 15 is 0 Å². The van der Waals surface area contributed by atoms with Gasteiger partial charge in [-0.3, -0.25) is 0 Å². The minimum absolute atomic E-state index is 0.0555. The van der Waals surface area contributed by atoms with Crippen molar-refractivity contribution in [1.82, 2.24) is 0 Å². The summed E-state index contributed by atoms with van der Waals surface area (Å²) in [5, 5.41) is 2.56. The van der Waals surface area contributed by atoms with Crippen molar-refractivity contribution in [2.75, 3.05) is 0 Å². The standard InChI is InChI=1S/C25H16F2IOS/c26-22-13-16(28)14-23(27)21(22)15-29-17-9-11-18(12-10-17)30-24-7-3-1-5-19(24)20-6-2-4-8-25(20)30/h1-14H,15H2/q+1. The number of hydrogen-bond acceptors (Lipinski definition) is 1. The molecule has 5 heteroatoms. The second-order valence-electron chi connectivity index (χ2n) is 6.91. The molecule has 0 bridgehead atoms. The molecule has 0 aliphatic heterocycles. The van der Waals surface area contributed by atoms with Gasteiger partial charge in [0.25, 0.3) is 0 Å². The number of hydrogen-bond donors (Lipinski definition) is 0. The fraction of sp³-hybridized carbons (Fsp3) is 0.0400. The first-order valence-electron chi connectivity index (χ1n) is 9.41. The van der Waals surface area contributed by atoms with Gasteiger partial charge < -0.3 is 4.74 Å². The molecule has 0 amide bonds. The molecule has 0 aliphatic rings. The van der Waals surface area contributed by atoms with Crippen LogP contribution in [-0.2, 0) is 6.61 Å². The Labute approximate surface area is 189 Å². The first-order valence-corrected chi connectivity index (χ1v) is 11.7. The number of ether oxygens (including phenoxy) is 1. The second-order valence-corrected chi connectivity index (χ2v) is 10.1. The van der Waals surface area contributed by atoms with Crippen LogP contribution in [0, 0.1) is 15.2 Å². The first kappa shape index (κ1) is 19.5. The molecule has 5 aromatic rings. The molecule has 1 heterocycles. The van der Waals surface area contributed by atoms with E-state index in [0.29, 0.717) is 9.32 Å². The van der Waals surface area contributed by atoms with Gasteiger partial charge in [0.2, 0.25) is 0 Å². The Kier molecular flexibility index (Phi) is 5.16. The molecular weight excluding hydrogens is 513 g/mol. The third-order valence-corrected chi connectivity index (χ3v) is 8.01. The largest absolute Gasteiger partial charge is 0.489 e. The van der Waals surface area contributed by atoms with Gasteiger partial charge in [0.15, 0.2) is 14.3 Å². The summed E-state index contributed by atoms with van der Waals surface area (Å²) < 4.78 is 36.9. The summed E-state index contributed by atoms with van der Waals surface area (Å²) in [7, 11) is -0.175. The average Bonchev–Trinajstić information content (AvgIpc) is 3.08. The van der Waals surface area contributed by atoms with Gasteiger partial charge in [-0.1, -0.05) is 24.3 Å². The van der Waals surface area contributed by atoms with Crippen LogP contribution in [-0.4, -0.2) is 0 Å². The van der Waals surface area contributed by atoms with E-state index in [-0.39, 0.29) is 22.6 Å². The summed E-state index contributed by atoms with van der Waals surface area (Å²) in [6.07, 6.45) is 0. The van der Waals surface area contributed by atoms with Gasteiger partial charge in [0.1, 0.15) is 24.0 Å². The van der Waals surface area contributed by atoms with E-state index in [2.05, 4.69) is 48.5 Å². The Morgan fingerprint density at radius 1 is 0.733 bits per heavy atom. The average molecular weight is 529 g/mol. The molecule has 0 saturated heterocycles. The minimum atomic E-state index is -0.586. The lowest BCUT2D eigenvalue weighted by atomic mass is 10.2. The molecule has 0 atom stereocenters. The van der Waals surface area contributed by atoms with Crippen molar-refractivity contribution >= 4 is 53.2 Å². The van der Waals surface area contributed by atoms with Gasteiger partial charge in [0.05, 0.1) is 5.56 Å². The SMILES string of the molecule is Fc1cc(I)cc(F)c1COc1ccc(-[s+]2c3ccccc3c3ccccc32)cc1. The maximum absolute atomic E-state index is 14.0. The Hall–Kier alpha value is -2.51. The number of fused-ring (bicyclic) bond motifs is 3. The van der Waals surface area contributed by atoms with Crippen LogP contribution in [0.1, 0.15) is 5.56 Å². The number of thiophene rings is 1. The summed E-state index contributed by atoms with van der Waals surface area (Å²) in [5.74, 6) is -0.589. The lowest BCUT2D eigenvalue weighted by Crippen LogP contribution is -2.02. The van der Waals surface area contributed by atoms with Crippen LogP contribution in [0.3, 0.4) is 0 Å². The molecule has 0 radical (unpaired) electrons. The van der Waals surface area contributed by atoms with Crippen LogP contribution < -0.4 is 4.74 Å². The topological polar surface area (TPSA) is 9.23 Å². The van der Waals surface area contributed by atoms with Gasteiger partial charge in [-0.05, 0) is 71.1 Å². The van der Waals surface area contributed by atoms with E-state index in [1.165, 1.54) is 37.2 Å². The summed E-state index contributed by atoms with van der Waals surface area (Å²) in [4.78, 5) is 1.19. The highest BCUT2D eigenvalue weighted by Gasteiger charge is 2.23. The lowest BCUT2D eigenvalue weighted by Gasteiger charge is -2.08. The van der Waals surface area contributed by atoms with Crippen molar-refractivity contribution in [2.45, 2.75) is 6.61 Å². The molecule has 0 spiro atoms. The predicted octanol–water partition coefficient (Wildman–Crippen LogP) is 8.19. The minimum Gasteiger partial charge on any atom is -0.489 e. The number of benzene rings is 4. The molecule has 0 fully saturated rings. The molecule has 1 nitrogen and oxygen atoms in total. The van der Waals surface area contributed by atoms with Gasteiger partial charge in [-0.15, -0.1) is 0 Å². The number of halogens is 3. The van der Waals surface area contributed by atoms with Crippen LogP contribution in [0.4, 0.5) is 8.78 Å². The van der Waals surface area contributed by atoms with Gasteiger partial charge in [0, 0.05) is 36.9 Å². The van der Waals surface area contributed by atoms with Crippen LogP contribution in [0.5, 0.6) is 5.75 Å². The molecule has 30 heavy (non-hydrogen) atoms. The summed E-state index contributed by atoms with van der Waals surface area (Å²) in [6, 6.07) is 27.4. The first-order chi connectivity index (χ1) is 14.6. The lowest BCUT2D eigenvalue weighted by molar-refractivity contribution is 0.292. The van der Waals surface area contributed by atoms with E-state index in [4.69, 9.17) is 4.74 Å². The van der Waals surface area contributed by atoms with E-state index in [1.54, 1.807) is 0 Å². The fourth-order valence-electron chi connectivity index (χ4n) is 3.64. The third-order valence-electron chi connectivity index (χ3n) is 5.05. The van der Waals surface area contributed by atoms with Crippen LogP contribution in [0.25, 0.3) is 25.1 Å². The predicted molar refractivity (Wildman–Crippen MR) is 129 cm³/mol. The van der Waals surface area contributed by atoms with Crippen LogP contribution >= 0.6 is 33.1 Å². The quantitative estimate of drug-likeness (QED) is 0.169. The van der Waals surface area contributed by atoms with E-state index < -0.39 is 11.6 Å². The molecule has 0 saturated carbocycles. The van der Waals surface area contributed by atoms with Crippen molar-refractivity contribution in [2.24, 2.45) is 0 Å². The highest BCUT2D eigenvalue weighted by Crippen LogP contribution is 2.48. The Morgan fingerprint density at radius 2 is 1.27 bits per heavy atom. The van der Waals surface area contributed by atoms with Crippen molar-refractivity contribution in [3.8, 4) is 10.6 Å². The highest BCUT2D eigenvalue weighted by molar-refractivity contribution is 14.1. The van der Waals surface area contributed by atoms with Crippen molar-refractivity contribution in [3.05, 3.63) is 106 Å². The fourth-order valence-corrected chi connectivity index (χ4v) is 6.57. The highest BCUT2D eigenvalue weighted by atomic mass is 127.